The highest BCUT2D eigenvalue weighted by Gasteiger charge is 2.16. The topological polar surface area (TPSA) is 27.1 Å². The maximum atomic E-state index is 13.2. The molecule has 3 nitrogen and oxygen atoms in total. The van der Waals surface area contributed by atoms with Gasteiger partial charge in [0.1, 0.15) is 0 Å². The Kier molecular flexibility index (Phi) is 2.99. The molecule has 1 saturated heterocycles. The van der Waals surface area contributed by atoms with Gasteiger partial charge in [-0.15, -0.1) is 0 Å². The molecule has 0 N–H and O–H groups in total. The summed E-state index contributed by atoms with van der Waals surface area (Å²) in [5.74, 6) is -1.69. The highest BCUT2D eigenvalue weighted by Crippen LogP contribution is 2.20. The van der Waals surface area contributed by atoms with Crippen LogP contribution in [0.25, 0.3) is 11.0 Å². The van der Waals surface area contributed by atoms with E-state index in [1.54, 1.807) is 6.33 Å². The number of rotatable bonds is 3. The van der Waals surface area contributed by atoms with E-state index in [1.165, 1.54) is 6.07 Å². The Morgan fingerprint density at radius 1 is 1.33 bits per heavy atom. The Balaban J connectivity index is 1.81. The smallest absolute Gasteiger partial charge is 0.161 e. The third-order valence-electron chi connectivity index (χ3n) is 3.38. The van der Waals surface area contributed by atoms with Crippen LogP contribution < -0.4 is 0 Å². The fourth-order valence-electron chi connectivity index (χ4n) is 2.39. The first-order chi connectivity index (χ1) is 8.74. The Labute approximate surface area is 103 Å². The molecule has 0 amide bonds. The van der Waals surface area contributed by atoms with Crippen molar-refractivity contribution in [1.82, 2.24) is 9.55 Å². The van der Waals surface area contributed by atoms with Crippen LogP contribution >= 0.6 is 0 Å². The Morgan fingerprint density at radius 3 is 2.94 bits per heavy atom. The maximum Gasteiger partial charge on any atom is 0.161 e. The van der Waals surface area contributed by atoms with Crippen molar-refractivity contribution in [1.29, 1.82) is 0 Å². The number of aryl methyl sites for hydroxylation is 1. The summed E-state index contributed by atoms with van der Waals surface area (Å²) in [4.78, 5) is 4.08. The molecule has 96 valence electrons. The average Bonchev–Trinajstić information content (AvgIpc) is 2.97. The summed E-state index contributed by atoms with van der Waals surface area (Å²) in [5.41, 5.74) is 1.12. The first-order valence-electron chi connectivity index (χ1n) is 6.15. The predicted molar refractivity (Wildman–Crippen MR) is 63.2 cm³/mol. The van der Waals surface area contributed by atoms with Crippen LogP contribution in [0.4, 0.5) is 8.78 Å². The molecule has 2 aromatic rings. The predicted octanol–water partition coefficient (Wildman–Crippen LogP) is 2.88. The molecule has 1 atom stereocenters. The highest BCUT2D eigenvalue weighted by atomic mass is 19.2. The van der Waals surface area contributed by atoms with Gasteiger partial charge in [0, 0.05) is 25.3 Å². The van der Waals surface area contributed by atoms with Gasteiger partial charge in [-0.1, -0.05) is 0 Å². The molecular weight excluding hydrogens is 238 g/mol. The van der Waals surface area contributed by atoms with E-state index in [9.17, 15) is 8.78 Å². The van der Waals surface area contributed by atoms with E-state index in [0.717, 1.165) is 31.9 Å². The van der Waals surface area contributed by atoms with Gasteiger partial charge in [-0.3, -0.25) is 0 Å². The molecule has 0 aliphatic carbocycles. The van der Waals surface area contributed by atoms with E-state index in [2.05, 4.69) is 4.98 Å². The lowest BCUT2D eigenvalue weighted by atomic mass is 10.2. The van der Waals surface area contributed by atoms with Crippen molar-refractivity contribution in [2.75, 3.05) is 6.61 Å². The van der Waals surface area contributed by atoms with Gasteiger partial charge in [0.2, 0.25) is 0 Å². The number of benzene rings is 1. The number of imidazole rings is 1. The minimum Gasteiger partial charge on any atom is -0.378 e. The monoisotopic (exact) mass is 252 g/mol. The number of hydrogen-bond acceptors (Lipinski definition) is 2. The van der Waals surface area contributed by atoms with Crippen LogP contribution in [0.1, 0.15) is 19.3 Å². The molecule has 0 spiro atoms. The summed E-state index contributed by atoms with van der Waals surface area (Å²) >= 11 is 0. The van der Waals surface area contributed by atoms with Crippen LogP contribution in [0.5, 0.6) is 0 Å². The van der Waals surface area contributed by atoms with Crippen molar-refractivity contribution < 1.29 is 13.5 Å². The maximum absolute atomic E-state index is 13.2. The highest BCUT2D eigenvalue weighted by molar-refractivity contribution is 5.75. The van der Waals surface area contributed by atoms with Crippen molar-refractivity contribution in [2.45, 2.75) is 31.9 Å². The zero-order valence-electron chi connectivity index (χ0n) is 9.90. The summed E-state index contributed by atoms with van der Waals surface area (Å²) in [6, 6.07) is 2.33. The molecule has 1 unspecified atom stereocenters. The fourth-order valence-corrected chi connectivity index (χ4v) is 2.39. The van der Waals surface area contributed by atoms with Crippen molar-refractivity contribution in [3.05, 3.63) is 30.1 Å². The van der Waals surface area contributed by atoms with E-state index < -0.39 is 11.6 Å². The second-order valence-electron chi connectivity index (χ2n) is 4.62. The number of nitrogens with zero attached hydrogens (tertiary/aromatic N) is 2. The van der Waals surface area contributed by atoms with E-state index in [1.807, 2.05) is 4.57 Å². The number of ether oxygens (including phenoxy) is 1. The van der Waals surface area contributed by atoms with Gasteiger partial charge in [0.05, 0.1) is 23.5 Å². The Bertz CT molecular complexity index is 561. The second-order valence-corrected chi connectivity index (χ2v) is 4.62. The number of halogens is 2. The van der Waals surface area contributed by atoms with E-state index in [-0.39, 0.29) is 6.10 Å². The molecule has 2 heterocycles. The Hall–Kier alpha value is -1.49. The average molecular weight is 252 g/mol. The van der Waals surface area contributed by atoms with E-state index >= 15 is 0 Å². The SMILES string of the molecule is Fc1cc2ncn(CCC3CCCO3)c2cc1F. The summed E-state index contributed by atoms with van der Waals surface area (Å²) in [6.07, 6.45) is 4.97. The molecule has 1 aliphatic rings. The van der Waals surface area contributed by atoms with Crippen LogP contribution in [-0.2, 0) is 11.3 Å². The van der Waals surface area contributed by atoms with Crippen LogP contribution in [-0.4, -0.2) is 22.3 Å². The van der Waals surface area contributed by atoms with E-state index in [4.69, 9.17) is 4.74 Å². The normalized spacial score (nSPS) is 19.8. The van der Waals surface area contributed by atoms with Crippen molar-refractivity contribution in [3.63, 3.8) is 0 Å². The molecule has 18 heavy (non-hydrogen) atoms. The molecule has 0 bridgehead atoms. The summed E-state index contributed by atoms with van der Waals surface area (Å²) < 4.78 is 33.6. The first kappa shape index (κ1) is 11.6. The fraction of sp³-hybridized carbons (Fsp3) is 0.462. The molecule has 1 fully saturated rings. The molecule has 1 aliphatic heterocycles. The van der Waals surface area contributed by atoms with Gasteiger partial charge >= 0.3 is 0 Å². The summed E-state index contributed by atoms with van der Waals surface area (Å²) in [6.45, 7) is 1.54. The van der Waals surface area contributed by atoms with Gasteiger partial charge in [0.25, 0.3) is 0 Å². The quantitative estimate of drug-likeness (QED) is 0.839. The lowest BCUT2D eigenvalue weighted by Crippen LogP contribution is -2.09. The number of aromatic nitrogens is 2. The van der Waals surface area contributed by atoms with Crippen LogP contribution in [0, 0.1) is 11.6 Å². The zero-order chi connectivity index (χ0) is 12.5. The van der Waals surface area contributed by atoms with Crippen LogP contribution in [0.2, 0.25) is 0 Å². The third-order valence-corrected chi connectivity index (χ3v) is 3.38. The van der Waals surface area contributed by atoms with Crippen LogP contribution in [0.3, 0.4) is 0 Å². The largest absolute Gasteiger partial charge is 0.378 e. The minimum absolute atomic E-state index is 0.285. The standard InChI is InChI=1S/C13H14F2N2O/c14-10-6-12-13(7-11(10)15)17(8-16-12)4-3-9-2-1-5-18-9/h6-9H,1-5H2. The van der Waals surface area contributed by atoms with Gasteiger partial charge in [-0.2, -0.15) is 0 Å². The van der Waals surface area contributed by atoms with Crippen molar-refractivity contribution in [3.8, 4) is 0 Å². The van der Waals surface area contributed by atoms with E-state index in [0.29, 0.717) is 17.6 Å². The van der Waals surface area contributed by atoms with Crippen molar-refractivity contribution >= 4 is 11.0 Å². The number of fused-ring (bicyclic) bond motifs is 1. The summed E-state index contributed by atoms with van der Waals surface area (Å²) in [7, 11) is 0. The third kappa shape index (κ3) is 2.10. The zero-order valence-corrected chi connectivity index (χ0v) is 9.90. The van der Waals surface area contributed by atoms with Gasteiger partial charge in [-0.25, -0.2) is 13.8 Å². The second kappa shape index (κ2) is 4.65. The molecule has 0 radical (unpaired) electrons. The lowest BCUT2D eigenvalue weighted by molar-refractivity contribution is 0.101. The first-order valence-corrected chi connectivity index (χ1v) is 6.15. The molecule has 1 aromatic heterocycles. The molecule has 3 rings (SSSR count). The lowest BCUT2D eigenvalue weighted by Gasteiger charge is -2.10. The molecule has 0 saturated carbocycles. The number of hydrogen-bond donors (Lipinski definition) is 0. The Morgan fingerprint density at radius 2 is 2.17 bits per heavy atom. The van der Waals surface area contributed by atoms with Crippen molar-refractivity contribution in [2.24, 2.45) is 0 Å². The van der Waals surface area contributed by atoms with Gasteiger partial charge < -0.3 is 9.30 Å². The van der Waals surface area contributed by atoms with Gasteiger partial charge in [0.15, 0.2) is 11.6 Å². The van der Waals surface area contributed by atoms with Gasteiger partial charge in [-0.05, 0) is 19.3 Å². The molecular formula is C13H14F2N2O. The molecule has 5 heteroatoms. The minimum atomic E-state index is -0.855. The molecule has 1 aromatic carbocycles. The summed E-state index contributed by atoms with van der Waals surface area (Å²) in [5, 5.41) is 0. The van der Waals surface area contributed by atoms with Crippen LogP contribution in [0.15, 0.2) is 18.5 Å².